The topological polar surface area (TPSA) is 79.1 Å². The predicted molar refractivity (Wildman–Crippen MR) is 122 cm³/mol. The summed E-state index contributed by atoms with van der Waals surface area (Å²) in [5.74, 6) is 1.24. The van der Waals surface area contributed by atoms with Crippen LogP contribution in [0, 0.1) is 6.92 Å². The van der Waals surface area contributed by atoms with Gasteiger partial charge in [0.2, 0.25) is 0 Å². The van der Waals surface area contributed by atoms with Gasteiger partial charge in [-0.3, -0.25) is 4.68 Å². The first-order chi connectivity index (χ1) is 15.0. The van der Waals surface area contributed by atoms with Gasteiger partial charge in [0.1, 0.15) is 11.6 Å². The lowest BCUT2D eigenvalue weighted by Gasteiger charge is -2.18. The molecule has 4 aromatic rings. The van der Waals surface area contributed by atoms with Crippen molar-refractivity contribution in [3.05, 3.63) is 42.2 Å². The Labute approximate surface area is 180 Å². The number of aromatic hydroxyl groups is 1. The molecule has 2 N–H and O–H groups in total. The average molecular weight is 415 g/mol. The summed E-state index contributed by atoms with van der Waals surface area (Å²) in [5, 5.41) is 21.0. The Kier molecular flexibility index (Phi) is 4.14. The third kappa shape index (κ3) is 3.29. The summed E-state index contributed by atoms with van der Waals surface area (Å²) in [7, 11) is 1.89. The summed E-state index contributed by atoms with van der Waals surface area (Å²) >= 11 is 0. The number of anilines is 1. The first kappa shape index (κ1) is 18.6. The van der Waals surface area contributed by atoms with Crippen molar-refractivity contribution in [2.45, 2.75) is 38.3 Å². The molecule has 1 unspecified atom stereocenters. The van der Waals surface area contributed by atoms with E-state index in [1.807, 2.05) is 38.5 Å². The highest BCUT2D eigenvalue weighted by molar-refractivity contribution is 5.92. The maximum Gasteiger partial charge on any atom is 0.130 e. The fourth-order valence-corrected chi connectivity index (χ4v) is 4.66. The van der Waals surface area contributed by atoms with Crippen LogP contribution in [-0.4, -0.2) is 50.0 Å². The highest BCUT2D eigenvalue weighted by Crippen LogP contribution is 2.36. The van der Waals surface area contributed by atoms with Gasteiger partial charge in [-0.2, -0.15) is 5.10 Å². The number of nitrogens with one attached hydrogen (secondary N) is 1. The lowest BCUT2D eigenvalue weighted by molar-refractivity contribution is 0.474. The molecule has 2 aliphatic rings. The Balaban J connectivity index is 1.32. The van der Waals surface area contributed by atoms with Gasteiger partial charge in [0.25, 0.3) is 0 Å². The van der Waals surface area contributed by atoms with Crippen LogP contribution < -0.4 is 10.2 Å². The number of phenols is 1. The standard InChI is InChI=1S/C24H26N6O/c1-14-23-16(12-29(2)28-23)9-19(24(14)31)20-6-3-15-10-22(25-11-21(15)27-20)30-8-7-18(13-30)26-17-4-5-17/h3,6,9-12,17-18,26,31H,4-5,7-8,13H2,1-2H3. The van der Waals surface area contributed by atoms with E-state index in [1.54, 1.807) is 4.68 Å². The lowest BCUT2D eigenvalue weighted by atomic mass is 10.0. The molecule has 3 aromatic heterocycles. The van der Waals surface area contributed by atoms with E-state index in [0.29, 0.717) is 6.04 Å². The van der Waals surface area contributed by atoms with Crippen LogP contribution in [0.1, 0.15) is 24.8 Å². The van der Waals surface area contributed by atoms with Crippen LogP contribution in [0.2, 0.25) is 0 Å². The molecule has 4 heterocycles. The number of benzene rings is 1. The van der Waals surface area contributed by atoms with Gasteiger partial charge in [-0.15, -0.1) is 0 Å². The van der Waals surface area contributed by atoms with E-state index >= 15 is 0 Å². The molecule has 31 heavy (non-hydrogen) atoms. The molecule has 7 heteroatoms. The van der Waals surface area contributed by atoms with Crippen LogP contribution in [0.15, 0.2) is 36.7 Å². The molecule has 6 rings (SSSR count). The van der Waals surface area contributed by atoms with E-state index in [0.717, 1.165) is 63.6 Å². The highest BCUT2D eigenvalue weighted by atomic mass is 16.3. The van der Waals surface area contributed by atoms with Crippen LogP contribution in [0.3, 0.4) is 0 Å². The van der Waals surface area contributed by atoms with E-state index in [4.69, 9.17) is 9.97 Å². The number of pyridine rings is 2. The average Bonchev–Trinajstić information content (AvgIpc) is 3.32. The van der Waals surface area contributed by atoms with Crippen molar-refractivity contribution >= 4 is 27.6 Å². The molecular weight excluding hydrogens is 388 g/mol. The molecule has 1 atom stereocenters. The van der Waals surface area contributed by atoms with Gasteiger partial charge in [0.15, 0.2) is 0 Å². The van der Waals surface area contributed by atoms with Gasteiger partial charge < -0.3 is 15.3 Å². The maximum atomic E-state index is 10.8. The zero-order valence-corrected chi connectivity index (χ0v) is 17.8. The zero-order chi connectivity index (χ0) is 21.1. The van der Waals surface area contributed by atoms with Crippen molar-refractivity contribution in [3.8, 4) is 17.0 Å². The van der Waals surface area contributed by atoms with Gasteiger partial charge in [0, 0.05) is 60.3 Å². The Morgan fingerprint density at radius 2 is 1.97 bits per heavy atom. The lowest BCUT2D eigenvalue weighted by Crippen LogP contribution is -2.34. The van der Waals surface area contributed by atoms with E-state index in [2.05, 4.69) is 27.4 Å². The Morgan fingerprint density at radius 3 is 2.81 bits per heavy atom. The first-order valence-corrected chi connectivity index (χ1v) is 11.0. The molecule has 1 aliphatic heterocycles. The molecular formula is C24H26N6O. The molecule has 1 saturated heterocycles. The van der Waals surface area contributed by atoms with E-state index in [1.165, 1.54) is 19.3 Å². The molecule has 7 nitrogen and oxygen atoms in total. The minimum absolute atomic E-state index is 0.230. The highest BCUT2D eigenvalue weighted by Gasteiger charge is 2.29. The predicted octanol–water partition coefficient (Wildman–Crippen LogP) is 3.53. The summed E-state index contributed by atoms with van der Waals surface area (Å²) in [6.45, 7) is 3.94. The van der Waals surface area contributed by atoms with Crippen LogP contribution in [0.4, 0.5) is 5.82 Å². The number of fused-ring (bicyclic) bond motifs is 2. The second-order valence-electron chi connectivity index (χ2n) is 8.94. The molecule has 1 aromatic carbocycles. The zero-order valence-electron chi connectivity index (χ0n) is 17.8. The van der Waals surface area contributed by atoms with Crippen molar-refractivity contribution in [2.24, 2.45) is 7.05 Å². The molecule has 0 bridgehead atoms. The van der Waals surface area contributed by atoms with Crippen LogP contribution in [-0.2, 0) is 7.05 Å². The fourth-order valence-electron chi connectivity index (χ4n) is 4.66. The van der Waals surface area contributed by atoms with Crippen molar-refractivity contribution in [1.82, 2.24) is 25.1 Å². The third-order valence-electron chi connectivity index (χ3n) is 6.52. The summed E-state index contributed by atoms with van der Waals surface area (Å²) in [6.07, 6.45) is 7.62. The normalized spacial score (nSPS) is 19.0. The number of aryl methyl sites for hydroxylation is 2. The molecule has 2 fully saturated rings. The maximum absolute atomic E-state index is 10.8. The second kappa shape index (κ2) is 6.92. The third-order valence-corrected chi connectivity index (χ3v) is 6.52. The van der Waals surface area contributed by atoms with Crippen molar-refractivity contribution < 1.29 is 5.11 Å². The Hall–Kier alpha value is -3.19. The molecule has 0 spiro atoms. The van der Waals surface area contributed by atoms with Gasteiger partial charge in [-0.1, -0.05) is 6.07 Å². The minimum Gasteiger partial charge on any atom is -0.507 e. The van der Waals surface area contributed by atoms with Gasteiger partial charge in [-0.25, -0.2) is 9.97 Å². The SMILES string of the molecule is Cc1c(O)c(-c2ccc3cc(N4CCC(NC5CC5)C4)ncc3n2)cc2cn(C)nc12. The smallest absolute Gasteiger partial charge is 0.130 e. The van der Waals surface area contributed by atoms with Crippen LogP contribution in [0.5, 0.6) is 5.75 Å². The summed E-state index contributed by atoms with van der Waals surface area (Å²) < 4.78 is 1.77. The quantitative estimate of drug-likeness (QED) is 0.532. The van der Waals surface area contributed by atoms with Crippen molar-refractivity contribution in [2.75, 3.05) is 18.0 Å². The molecule has 0 amide bonds. The van der Waals surface area contributed by atoms with Gasteiger partial charge in [-0.05, 0) is 44.4 Å². The monoisotopic (exact) mass is 414 g/mol. The number of hydrogen-bond donors (Lipinski definition) is 2. The minimum atomic E-state index is 0.230. The number of nitrogens with zero attached hydrogens (tertiary/aromatic N) is 5. The molecule has 0 radical (unpaired) electrons. The molecule has 158 valence electrons. The molecule has 1 aliphatic carbocycles. The summed E-state index contributed by atoms with van der Waals surface area (Å²) in [5.41, 5.74) is 3.88. The van der Waals surface area contributed by atoms with Crippen molar-refractivity contribution in [3.63, 3.8) is 0 Å². The largest absolute Gasteiger partial charge is 0.507 e. The fraction of sp³-hybridized carbons (Fsp3) is 0.375. The van der Waals surface area contributed by atoms with E-state index in [-0.39, 0.29) is 5.75 Å². The second-order valence-corrected chi connectivity index (χ2v) is 8.94. The van der Waals surface area contributed by atoms with Crippen LogP contribution >= 0.6 is 0 Å². The van der Waals surface area contributed by atoms with Crippen molar-refractivity contribution in [1.29, 1.82) is 0 Å². The van der Waals surface area contributed by atoms with E-state index < -0.39 is 0 Å². The number of rotatable bonds is 4. The number of aromatic nitrogens is 4. The van der Waals surface area contributed by atoms with Crippen LogP contribution in [0.25, 0.3) is 33.1 Å². The Morgan fingerprint density at radius 1 is 1.10 bits per heavy atom. The van der Waals surface area contributed by atoms with Gasteiger partial charge in [0.05, 0.1) is 22.9 Å². The molecule has 1 saturated carbocycles. The number of phenolic OH excluding ortho intramolecular Hbond substituents is 1. The summed E-state index contributed by atoms with van der Waals surface area (Å²) in [6, 6.07) is 9.44. The number of hydrogen-bond acceptors (Lipinski definition) is 6. The summed E-state index contributed by atoms with van der Waals surface area (Å²) in [4.78, 5) is 11.9. The van der Waals surface area contributed by atoms with E-state index in [9.17, 15) is 5.11 Å². The first-order valence-electron chi connectivity index (χ1n) is 11.0. The Bertz CT molecular complexity index is 1310. The van der Waals surface area contributed by atoms with Gasteiger partial charge >= 0.3 is 0 Å².